The fourth-order valence-electron chi connectivity index (χ4n) is 2.10. The Balaban J connectivity index is 1.91. The Bertz CT molecular complexity index is 742. The van der Waals surface area contributed by atoms with Gasteiger partial charge in [0, 0.05) is 22.6 Å². The van der Waals surface area contributed by atoms with Gasteiger partial charge in [0.05, 0.1) is 11.3 Å². The SMILES string of the molecule is CC(C)(C)NC(=O)NC(=O)COC(=O)c1ccc2c(c1)NC(=O)CCS2. The monoisotopic (exact) mass is 379 g/mol. The van der Waals surface area contributed by atoms with Crippen LogP contribution in [0, 0.1) is 0 Å². The van der Waals surface area contributed by atoms with Crippen molar-refractivity contribution in [2.45, 2.75) is 37.6 Å². The lowest BCUT2D eigenvalue weighted by atomic mass is 10.1. The summed E-state index contributed by atoms with van der Waals surface area (Å²) in [6, 6.07) is 4.14. The Labute approximate surface area is 155 Å². The van der Waals surface area contributed by atoms with Crippen molar-refractivity contribution in [3.63, 3.8) is 0 Å². The van der Waals surface area contributed by atoms with Crippen molar-refractivity contribution in [3.05, 3.63) is 23.8 Å². The third kappa shape index (κ3) is 6.07. The molecule has 1 aliphatic heterocycles. The third-order valence-electron chi connectivity index (χ3n) is 3.15. The molecule has 0 saturated heterocycles. The number of carbonyl (C=O) groups is 4. The standard InChI is InChI=1S/C17H21N3O5S/c1-17(2,3)20-16(24)19-14(22)9-25-15(23)10-4-5-12-11(8-10)18-13(21)6-7-26-12/h4-5,8H,6-7,9H2,1-3H3,(H,18,21)(H2,19,20,22,24). The van der Waals surface area contributed by atoms with Gasteiger partial charge in [-0.2, -0.15) is 0 Å². The van der Waals surface area contributed by atoms with E-state index in [1.54, 1.807) is 32.9 Å². The van der Waals surface area contributed by atoms with E-state index >= 15 is 0 Å². The number of imide groups is 1. The van der Waals surface area contributed by atoms with Crippen molar-refractivity contribution in [1.82, 2.24) is 10.6 Å². The number of fused-ring (bicyclic) bond motifs is 1. The van der Waals surface area contributed by atoms with Crippen LogP contribution in [0.25, 0.3) is 0 Å². The number of ether oxygens (including phenoxy) is 1. The molecule has 26 heavy (non-hydrogen) atoms. The fraction of sp³-hybridized carbons (Fsp3) is 0.412. The normalized spacial score (nSPS) is 13.7. The molecule has 0 atom stereocenters. The van der Waals surface area contributed by atoms with Gasteiger partial charge in [0.1, 0.15) is 0 Å². The highest BCUT2D eigenvalue weighted by Crippen LogP contribution is 2.31. The summed E-state index contributed by atoms with van der Waals surface area (Å²) in [4.78, 5) is 47.8. The maximum Gasteiger partial charge on any atom is 0.338 e. The molecular weight excluding hydrogens is 358 g/mol. The Morgan fingerprint density at radius 3 is 2.69 bits per heavy atom. The Morgan fingerprint density at radius 2 is 2.00 bits per heavy atom. The molecule has 0 fully saturated rings. The van der Waals surface area contributed by atoms with Gasteiger partial charge in [-0.15, -0.1) is 11.8 Å². The lowest BCUT2D eigenvalue weighted by Gasteiger charge is -2.20. The number of benzene rings is 1. The Hall–Kier alpha value is -2.55. The first-order chi connectivity index (χ1) is 12.1. The van der Waals surface area contributed by atoms with Gasteiger partial charge in [-0.1, -0.05) is 0 Å². The third-order valence-corrected chi connectivity index (χ3v) is 4.23. The van der Waals surface area contributed by atoms with Crippen LogP contribution in [0.4, 0.5) is 10.5 Å². The molecule has 8 nitrogen and oxygen atoms in total. The van der Waals surface area contributed by atoms with E-state index in [1.807, 2.05) is 0 Å². The van der Waals surface area contributed by atoms with Crippen molar-refractivity contribution < 1.29 is 23.9 Å². The van der Waals surface area contributed by atoms with E-state index in [1.165, 1.54) is 17.8 Å². The molecule has 140 valence electrons. The van der Waals surface area contributed by atoms with Crippen molar-refractivity contribution >= 4 is 41.3 Å². The second kappa shape index (κ2) is 8.22. The minimum Gasteiger partial charge on any atom is -0.452 e. The number of hydrogen-bond donors (Lipinski definition) is 3. The smallest absolute Gasteiger partial charge is 0.338 e. The summed E-state index contributed by atoms with van der Waals surface area (Å²) in [5, 5.41) is 7.37. The second-order valence-corrected chi connectivity index (χ2v) is 7.82. The van der Waals surface area contributed by atoms with Crippen LogP contribution in [0.2, 0.25) is 0 Å². The lowest BCUT2D eigenvalue weighted by molar-refractivity contribution is -0.123. The average Bonchev–Trinajstić information content (AvgIpc) is 2.70. The molecule has 1 heterocycles. The summed E-state index contributed by atoms with van der Waals surface area (Å²) in [6.07, 6.45) is 0.399. The summed E-state index contributed by atoms with van der Waals surface area (Å²) in [5.74, 6) is -0.910. The molecule has 0 unspecified atom stereocenters. The van der Waals surface area contributed by atoms with E-state index in [4.69, 9.17) is 4.74 Å². The first-order valence-corrected chi connectivity index (χ1v) is 8.98. The number of anilines is 1. The molecule has 1 aromatic rings. The molecule has 0 saturated carbocycles. The van der Waals surface area contributed by atoms with E-state index < -0.39 is 30.1 Å². The van der Waals surface area contributed by atoms with Crippen LogP contribution >= 0.6 is 11.8 Å². The highest BCUT2D eigenvalue weighted by Gasteiger charge is 2.19. The van der Waals surface area contributed by atoms with Gasteiger partial charge in [-0.05, 0) is 39.0 Å². The molecule has 0 radical (unpaired) electrons. The van der Waals surface area contributed by atoms with Crippen LogP contribution in [0.3, 0.4) is 0 Å². The van der Waals surface area contributed by atoms with Crippen LogP contribution < -0.4 is 16.0 Å². The van der Waals surface area contributed by atoms with Crippen molar-refractivity contribution in [3.8, 4) is 0 Å². The van der Waals surface area contributed by atoms with E-state index in [9.17, 15) is 19.2 Å². The van der Waals surface area contributed by atoms with Crippen molar-refractivity contribution in [2.24, 2.45) is 0 Å². The topological polar surface area (TPSA) is 114 Å². The molecule has 3 N–H and O–H groups in total. The number of esters is 1. The quantitative estimate of drug-likeness (QED) is 0.691. The molecule has 0 bridgehead atoms. The van der Waals surface area contributed by atoms with Gasteiger partial charge in [-0.3, -0.25) is 14.9 Å². The summed E-state index contributed by atoms with van der Waals surface area (Å²) < 4.78 is 4.92. The fourth-order valence-corrected chi connectivity index (χ4v) is 3.03. The maximum absolute atomic E-state index is 12.1. The molecule has 1 aliphatic rings. The predicted molar refractivity (Wildman–Crippen MR) is 97.1 cm³/mol. The Morgan fingerprint density at radius 1 is 1.27 bits per heavy atom. The zero-order valence-corrected chi connectivity index (χ0v) is 15.6. The lowest BCUT2D eigenvalue weighted by Crippen LogP contribution is -2.49. The summed E-state index contributed by atoms with van der Waals surface area (Å²) >= 11 is 1.52. The zero-order chi connectivity index (χ0) is 19.3. The number of hydrogen-bond acceptors (Lipinski definition) is 6. The summed E-state index contributed by atoms with van der Waals surface area (Å²) in [5.41, 5.74) is 0.255. The maximum atomic E-state index is 12.1. The number of urea groups is 1. The van der Waals surface area contributed by atoms with E-state index in [-0.39, 0.29) is 11.5 Å². The van der Waals surface area contributed by atoms with Gasteiger partial charge in [0.25, 0.3) is 5.91 Å². The van der Waals surface area contributed by atoms with Gasteiger partial charge in [0.2, 0.25) is 5.91 Å². The Kier molecular flexibility index (Phi) is 6.25. The molecule has 4 amide bonds. The van der Waals surface area contributed by atoms with E-state index in [0.717, 1.165) is 4.90 Å². The van der Waals surface area contributed by atoms with Gasteiger partial charge >= 0.3 is 12.0 Å². The summed E-state index contributed by atoms with van der Waals surface area (Å²) in [6.45, 7) is 4.72. The van der Waals surface area contributed by atoms with Gasteiger partial charge in [0.15, 0.2) is 6.61 Å². The van der Waals surface area contributed by atoms with Crippen LogP contribution in [0.5, 0.6) is 0 Å². The van der Waals surface area contributed by atoms with Crippen LogP contribution in [-0.2, 0) is 14.3 Å². The molecule has 2 rings (SSSR count). The molecule has 1 aromatic carbocycles. The van der Waals surface area contributed by atoms with E-state index in [2.05, 4.69) is 16.0 Å². The van der Waals surface area contributed by atoms with E-state index in [0.29, 0.717) is 17.9 Å². The summed E-state index contributed by atoms with van der Waals surface area (Å²) in [7, 11) is 0. The van der Waals surface area contributed by atoms with Gasteiger partial charge in [-0.25, -0.2) is 9.59 Å². The molecule has 0 aromatic heterocycles. The minimum atomic E-state index is -0.737. The average molecular weight is 379 g/mol. The zero-order valence-electron chi connectivity index (χ0n) is 14.8. The number of carbonyl (C=O) groups excluding carboxylic acids is 4. The van der Waals surface area contributed by atoms with Crippen molar-refractivity contribution in [2.75, 3.05) is 17.7 Å². The molecule has 0 spiro atoms. The highest BCUT2D eigenvalue weighted by atomic mass is 32.2. The van der Waals surface area contributed by atoms with Crippen LogP contribution in [0.1, 0.15) is 37.6 Å². The van der Waals surface area contributed by atoms with Gasteiger partial charge < -0.3 is 15.4 Å². The van der Waals surface area contributed by atoms with Crippen molar-refractivity contribution in [1.29, 1.82) is 0 Å². The first-order valence-electron chi connectivity index (χ1n) is 8.00. The number of nitrogens with one attached hydrogen (secondary N) is 3. The second-order valence-electron chi connectivity index (χ2n) is 6.69. The largest absolute Gasteiger partial charge is 0.452 e. The van der Waals surface area contributed by atoms with Crippen LogP contribution in [-0.4, -0.2) is 41.7 Å². The van der Waals surface area contributed by atoms with Crippen LogP contribution in [0.15, 0.2) is 23.1 Å². The number of thioether (sulfide) groups is 1. The number of amides is 4. The predicted octanol–water partition coefficient (Wildman–Crippen LogP) is 1.90. The molecule has 9 heteroatoms. The number of rotatable bonds is 3. The minimum absolute atomic E-state index is 0.119. The molecule has 0 aliphatic carbocycles. The first kappa shape index (κ1) is 19.8. The highest BCUT2D eigenvalue weighted by molar-refractivity contribution is 7.99. The molecular formula is C17H21N3O5S.